The molecule has 180 valence electrons. The minimum Gasteiger partial charge on any atom is -0.469 e. The zero-order valence-corrected chi connectivity index (χ0v) is 19.7. The maximum absolute atomic E-state index is 13.3. The van der Waals surface area contributed by atoms with E-state index in [0.29, 0.717) is 0 Å². The summed E-state index contributed by atoms with van der Waals surface area (Å²) in [4.78, 5) is 35.3. The standard InChI is InChI=1S/C21H32NO9P/c1-15(18(25)13-23)22-32(28,31-16-9-6-5-7-10-16)30-14-21(2,3)20(27)17(24)11-8-12-19(26)29-4/h5-7,9-10,15,20,23,27H,8,11-14H2,1-4H3,(H,22,28)/t15-,20-,32?/m0/s1. The number of nitrogens with one attached hydrogen (secondary N) is 1. The normalized spacial score (nSPS) is 15.3. The van der Waals surface area contributed by atoms with Gasteiger partial charge in [0, 0.05) is 18.3 Å². The molecule has 0 aliphatic carbocycles. The van der Waals surface area contributed by atoms with E-state index in [1.165, 1.54) is 14.0 Å². The number of hydrogen-bond donors (Lipinski definition) is 3. The fourth-order valence-electron chi connectivity index (χ4n) is 2.57. The summed E-state index contributed by atoms with van der Waals surface area (Å²) in [6.07, 6.45) is -1.23. The number of aliphatic hydroxyl groups excluding tert-OH is 2. The van der Waals surface area contributed by atoms with Gasteiger partial charge in [-0.2, -0.15) is 0 Å². The van der Waals surface area contributed by atoms with Crippen LogP contribution in [-0.4, -0.2) is 60.2 Å². The minimum absolute atomic E-state index is 0.0435. The highest BCUT2D eigenvalue weighted by atomic mass is 31.2. The SMILES string of the molecule is COC(=O)CCCC(=O)[C@H](O)C(C)(C)COP(=O)(N[C@@H](C)C(=O)CO)Oc1ccccc1. The van der Waals surface area contributed by atoms with Crippen molar-refractivity contribution in [1.82, 2.24) is 5.09 Å². The van der Waals surface area contributed by atoms with Gasteiger partial charge in [0.2, 0.25) is 0 Å². The minimum atomic E-state index is -4.13. The molecule has 0 spiro atoms. The molecule has 0 saturated carbocycles. The molecule has 32 heavy (non-hydrogen) atoms. The number of para-hydroxylation sites is 1. The van der Waals surface area contributed by atoms with Gasteiger partial charge < -0.3 is 19.5 Å². The van der Waals surface area contributed by atoms with Crippen molar-refractivity contribution in [2.45, 2.75) is 52.2 Å². The van der Waals surface area contributed by atoms with Gasteiger partial charge in [-0.25, -0.2) is 9.65 Å². The number of methoxy groups -OCH3 is 1. The van der Waals surface area contributed by atoms with Gasteiger partial charge in [-0.05, 0) is 25.5 Å². The van der Waals surface area contributed by atoms with E-state index in [2.05, 4.69) is 9.82 Å². The molecular weight excluding hydrogens is 441 g/mol. The summed E-state index contributed by atoms with van der Waals surface area (Å²) in [7, 11) is -2.89. The number of Topliss-reactive ketones (excluding diaryl/α,β-unsaturated/α-hetero) is 2. The number of carbonyl (C=O) groups excluding carboxylic acids is 3. The van der Waals surface area contributed by atoms with Crippen LogP contribution in [0.4, 0.5) is 0 Å². The number of rotatable bonds is 15. The molecule has 1 unspecified atom stereocenters. The Balaban J connectivity index is 2.86. The van der Waals surface area contributed by atoms with Crippen LogP contribution in [-0.2, 0) is 28.2 Å². The molecule has 0 saturated heterocycles. The van der Waals surface area contributed by atoms with Gasteiger partial charge in [-0.1, -0.05) is 32.0 Å². The van der Waals surface area contributed by atoms with Crippen LogP contribution in [0, 0.1) is 5.41 Å². The molecule has 0 aliphatic heterocycles. The second kappa shape index (κ2) is 12.8. The summed E-state index contributed by atoms with van der Waals surface area (Å²) >= 11 is 0. The maximum Gasteiger partial charge on any atom is 0.459 e. The lowest BCUT2D eigenvalue weighted by atomic mass is 9.84. The molecular formula is C21H32NO9P. The molecule has 0 heterocycles. The number of benzene rings is 1. The molecule has 1 aromatic rings. The van der Waals surface area contributed by atoms with E-state index in [-0.39, 0.29) is 31.6 Å². The van der Waals surface area contributed by atoms with E-state index in [0.717, 1.165) is 0 Å². The van der Waals surface area contributed by atoms with Crippen molar-refractivity contribution in [2.24, 2.45) is 5.41 Å². The lowest BCUT2D eigenvalue weighted by Gasteiger charge is -2.31. The number of esters is 1. The summed E-state index contributed by atoms with van der Waals surface area (Å²) in [6, 6.07) is 7.09. The second-order valence-electron chi connectivity index (χ2n) is 7.94. The molecule has 0 aromatic heterocycles. The van der Waals surface area contributed by atoms with E-state index >= 15 is 0 Å². The maximum atomic E-state index is 13.3. The Morgan fingerprint density at radius 3 is 2.31 bits per heavy atom. The third-order valence-electron chi connectivity index (χ3n) is 4.64. The van der Waals surface area contributed by atoms with Gasteiger partial charge in [0.25, 0.3) is 0 Å². The number of aliphatic hydroxyl groups is 2. The first-order chi connectivity index (χ1) is 14.9. The molecule has 1 aromatic carbocycles. The lowest BCUT2D eigenvalue weighted by Crippen LogP contribution is -2.41. The van der Waals surface area contributed by atoms with Crippen molar-refractivity contribution in [2.75, 3.05) is 20.3 Å². The average molecular weight is 473 g/mol. The molecule has 3 atom stereocenters. The van der Waals surface area contributed by atoms with Crippen LogP contribution in [0.2, 0.25) is 0 Å². The highest BCUT2D eigenvalue weighted by molar-refractivity contribution is 7.52. The van der Waals surface area contributed by atoms with Crippen LogP contribution in [0.25, 0.3) is 0 Å². The first-order valence-electron chi connectivity index (χ1n) is 10.1. The summed E-state index contributed by atoms with van der Waals surface area (Å²) in [5.41, 5.74) is -1.16. The molecule has 0 amide bonds. The Labute approximate surface area is 187 Å². The van der Waals surface area contributed by atoms with Crippen LogP contribution in [0.15, 0.2) is 30.3 Å². The fraction of sp³-hybridized carbons (Fsp3) is 0.571. The lowest BCUT2D eigenvalue weighted by molar-refractivity contribution is -0.141. The van der Waals surface area contributed by atoms with Gasteiger partial charge in [-0.3, -0.25) is 18.9 Å². The molecule has 11 heteroatoms. The van der Waals surface area contributed by atoms with Crippen molar-refractivity contribution in [3.8, 4) is 5.75 Å². The van der Waals surface area contributed by atoms with Crippen molar-refractivity contribution in [3.63, 3.8) is 0 Å². The number of carbonyl (C=O) groups is 3. The fourth-order valence-corrected chi connectivity index (χ4v) is 4.27. The van der Waals surface area contributed by atoms with Crippen LogP contribution in [0.3, 0.4) is 0 Å². The second-order valence-corrected chi connectivity index (χ2v) is 9.63. The quantitative estimate of drug-likeness (QED) is 0.255. The Kier molecular flexibility index (Phi) is 11.2. The first-order valence-corrected chi connectivity index (χ1v) is 11.7. The average Bonchev–Trinajstić information content (AvgIpc) is 2.77. The molecule has 0 aliphatic rings. The number of ketones is 2. The molecule has 3 N–H and O–H groups in total. The van der Waals surface area contributed by atoms with Crippen molar-refractivity contribution in [3.05, 3.63) is 30.3 Å². The van der Waals surface area contributed by atoms with Gasteiger partial charge in [0.05, 0.1) is 19.8 Å². The van der Waals surface area contributed by atoms with Crippen molar-refractivity contribution in [1.29, 1.82) is 0 Å². The first kappa shape index (κ1) is 27.9. The number of ether oxygens (including phenoxy) is 1. The summed E-state index contributed by atoms with van der Waals surface area (Å²) in [5, 5.41) is 22.0. The van der Waals surface area contributed by atoms with Crippen LogP contribution in [0.5, 0.6) is 5.75 Å². The predicted molar refractivity (Wildman–Crippen MR) is 116 cm³/mol. The smallest absolute Gasteiger partial charge is 0.459 e. The summed E-state index contributed by atoms with van der Waals surface area (Å²) < 4.78 is 28.8. The van der Waals surface area contributed by atoms with E-state index in [1.54, 1.807) is 44.2 Å². The molecule has 1 rings (SSSR count). The highest BCUT2D eigenvalue weighted by Crippen LogP contribution is 2.46. The number of hydrogen-bond acceptors (Lipinski definition) is 9. The Morgan fingerprint density at radius 1 is 1.12 bits per heavy atom. The zero-order chi connectivity index (χ0) is 24.4. The third-order valence-corrected chi connectivity index (χ3v) is 6.27. The Hall–Kier alpha value is -2.10. The van der Waals surface area contributed by atoms with Crippen LogP contribution < -0.4 is 9.61 Å². The van der Waals surface area contributed by atoms with Gasteiger partial charge in [0.1, 0.15) is 18.5 Å². The Bertz CT molecular complexity index is 813. The summed E-state index contributed by atoms with van der Waals surface area (Å²) in [6.45, 7) is 3.38. The van der Waals surface area contributed by atoms with Crippen molar-refractivity contribution < 1.29 is 42.9 Å². The molecule has 0 fully saturated rings. The zero-order valence-electron chi connectivity index (χ0n) is 18.8. The predicted octanol–water partition coefficient (Wildman–Crippen LogP) is 2.03. The van der Waals surface area contributed by atoms with E-state index in [4.69, 9.17) is 14.2 Å². The van der Waals surface area contributed by atoms with E-state index in [1.807, 2.05) is 0 Å². The van der Waals surface area contributed by atoms with Gasteiger partial charge in [-0.15, -0.1) is 0 Å². The molecule has 0 bridgehead atoms. The highest BCUT2D eigenvalue weighted by Gasteiger charge is 2.38. The largest absolute Gasteiger partial charge is 0.469 e. The van der Waals surface area contributed by atoms with Gasteiger partial charge in [0.15, 0.2) is 11.6 Å². The van der Waals surface area contributed by atoms with E-state index < -0.39 is 49.4 Å². The topological polar surface area (TPSA) is 148 Å². The van der Waals surface area contributed by atoms with Crippen LogP contribution >= 0.6 is 7.75 Å². The molecule has 0 radical (unpaired) electrons. The van der Waals surface area contributed by atoms with Crippen LogP contribution in [0.1, 0.15) is 40.0 Å². The third kappa shape index (κ3) is 9.18. The molecule has 10 nitrogen and oxygen atoms in total. The van der Waals surface area contributed by atoms with Crippen molar-refractivity contribution >= 4 is 25.3 Å². The monoisotopic (exact) mass is 473 g/mol. The summed E-state index contributed by atoms with van der Waals surface area (Å²) in [5.74, 6) is -1.36. The van der Waals surface area contributed by atoms with Gasteiger partial charge >= 0.3 is 13.7 Å². The van der Waals surface area contributed by atoms with E-state index in [9.17, 15) is 24.1 Å². The Morgan fingerprint density at radius 2 is 1.75 bits per heavy atom.